The summed E-state index contributed by atoms with van der Waals surface area (Å²) >= 11 is 0. The Bertz CT molecular complexity index is 197. The summed E-state index contributed by atoms with van der Waals surface area (Å²) in [6.45, 7) is 17.0. The lowest BCUT2D eigenvalue weighted by Crippen LogP contribution is -2.36. The molecule has 96 valence electrons. The highest BCUT2D eigenvalue weighted by atomic mass is 15.1. The van der Waals surface area contributed by atoms with E-state index in [1.165, 1.54) is 32.4 Å². The van der Waals surface area contributed by atoms with Gasteiger partial charge in [-0.3, -0.25) is 0 Å². The van der Waals surface area contributed by atoms with Crippen LogP contribution >= 0.6 is 0 Å². The van der Waals surface area contributed by atoms with Crippen LogP contribution in [0.4, 0.5) is 0 Å². The number of hydrogen-bond donors (Lipinski definition) is 0. The van der Waals surface area contributed by atoms with Crippen LogP contribution in [0.2, 0.25) is 0 Å². The normalized spacial score (nSPS) is 23.1. The molecule has 1 saturated heterocycles. The highest BCUT2D eigenvalue weighted by molar-refractivity contribution is 4.89. The van der Waals surface area contributed by atoms with Crippen molar-refractivity contribution in [3.05, 3.63) is 0 Å². The van der Waals surface area contributed by atoms with Gasteiger partial charge in [0.2, 0.25) is 0 Å². The number of rotatable bonds is 3. The van der Waals surface area contributed by atoms with Gasteiger partial charge in [-0.2, -0.15) is 0 Å². The molecule has 1 rings (SSSR count). The van der Waals surface area contributed by atoms with Gasteiger partial charge in [0.15, 0.2) is 0 Å². The largest absolute Gasteiger partial charge is 0.301 e. The van der Waals surface area contributed by atoms with E-state index < -0.39 is 0 Å². The topological polar surface area (TPSA) is 3.24 Å². The van der Waals surface area contributed by atoms with Crippen molar-refractivity contribution in [2.45, 2.75) is 66.8 Å². The Morgan fingerprint density at radius 2 is 1.38 bits per heavy atom. The second kappa shape index (κ2) is 5.53. The number of likely N-dealkylation sites (tertiary alicyclic amines) is 1. The monoisotopic (exact) mass is 225 g/mol. The minimum Gasteiger partial charge on any atom is -0.301 e. The van der Waals surface area contributed by atoms with E-state index in [-0.39, 0.29) is 0 Å². The molecule has 0 spiro atoms. The molecule has 0 amide bonds. The maximum atomic E-state index is 2.66. The van der Waals surface area contributed by atoms with Crippen molar-refractivity contribution in [1.29, 1.82) is 0 Å². The van der Waals surface area contributed by atoms with Gasteiger partial charge in [0.25, 0.3) is 0 Å². The minimum absolute atomic E-state index is 0.587. The fourth-order valence-electron chi connectivity index (χ4n) is 3.54. The van der Waals surface area contributed by atoms with E-state index >= 15 is 0 Å². The first-order valence-electron chi connectivity index (χ1n) is 7.14. The van der Waals surface area contributed by atoms with Crippen molar-refractivity contribution in [1.82, 2.24) is 4.90 Å². The van der Waals surface area contributed by atoms with Crippen LogP contribution in [0.3, 0.4) is 0 Å². The quantitative estimate of drug-likeness (QED) is 0.696. The molecule has 0 aromatic heterocycles. The molecule has 0 aromatic carbocycles. The molecule has 0 N–H and O–H groups in total. The minimum atomic E-state index is 0.587. The molecule has 1 aliphatic rings. The third-order valence-electron chi connectivity index (χ3n) is 4.98. The first kappa shape index (κ1) is 14.0. The SMILES string of the molecule is CC(C)N1CCCC(C(C)C)(C(C)C)CC1. The van der Waals surface area contributed by atoms with Gasteiger partial charge in [0.05, 0.1) is 0 Å². The van der Waals surface area contributed by atoms with Crippen LogP contribution in [-0.4, -0.2) is 24.0 Å². The maximum absolute atomic E-state index is 2.66. The van der Waals surface area contributed by atoms with Crippen molar-refractivity contribution < 1.29 is 0 Å². The predicted molar refractivity (Wildman–Crippen MR) is 72.7 cm³/mol. The molecule has 1 nitrogen and oxygen atoms in total. The molecule has 0 radical (unpaired) electrons. The number of hydrogen-bond acceptors (Lipinski definition) is 1. The van der Waals surface area contributed by atoms with E-state index in [0.29, 0.717) is 5.41 Å². The third kappa shape index (κ3) is 2.80. The number of nitrogens with zero attached hydrogens (tertiary/aromatic N) is 1. The predicted octanol–water partition coefficient (Wildman–Crippen LogP) is 4.18. The van der Waals surface area contributed by atoms with Crippen molar-refractivity contribution in [3.8, 4) is 0 Å². The lowest BCUT2D eigenvalue weighted by Gasteiger charge is -2.41. The van der Waals surface area contributed by atoms with Crippen LogP contribution < -0.4 is 0 Å². The van der Waals surface area contributed by atoms with Crippen molar-refractivity contribution in [2.75, 3.05) is 13.1 Å². The maximum Gasteiger partial charge on any atom is 0.00385 e. The van der Waals surface area contributed by atoms with Crippen LogP contribution in [0.15, 0.2) is 0 Å². The molecule has 1 heterocycles. The van der Waals surface area contributed by atoms with Crippen molar-refractivity contribution in [2.24, 2.45) is 17.3 Å². The first-order valence-corrected chi connectivity index (χ1v) is 7.14. The molecule has 0 atom stereocenters. The molecule has 0 bridgehead atoms. The Morgan fingerprint density at radius 1 is 0.812 bits per heavy atom. The van der Waals surface area contributed by atoms with E-state index in [1.54, 1.807) is 0 Å². The molecule has 0 aliphatic carbocycles. The average molecular weight is 225 g/mol. The zero-order valence-electron chi connectivity index (χ0n) is 12.2. The zero-order valence-corrected chi connectivity index (χ0v) is 12.2. The van der Waals surface area contributed by atoms with Gasteiger partial charge in [-0.15, -0.1) is 0 Å². The first-order chi connectivity index (χ1) is 7.40. The summed E-state index contributed by atoms with van der Waals surface area (Å²) in [5.74, 6) is 1.64. The van der Waals surface area contributed by atoms with Crippen LogP contribution in [0.25, 0.3) is 0 Å². The fourth-order valence-corrected chi connectivity index (χ4v) is 3.54. The van der Waals surface area contributed by atoms with Crippen LogP contribution in [0.1, 0.15) is 60.8 Å². The highest BCUT2D eigenvalue weighted by Gasteiger charge is 2.38. The lowest BCUT2D eigenvalue weighted by molar-refractivity contribution is 0.0860. The third-order valence-corrected chi connectivity index (χ3v) is 4.98. The molecule has 0 unspecified atom stereocenters. The zero-order chi connectivity index (χ0) is 12.3. The molecular weight excluding hydrogens is 194 g/mol. The fraction of sp³-hybridized carbons (Fsp3) is 1.00. The summed E-state index contributed by atoms with van der Waals surface area (Å²) in [6.07, 6.45) is 4.20. The second-order valence-corrected chi connectivity index (χ2v) is 6.53. The molecule has 16 heavy (non-hydrogen) atoms. The Kier molecular flexibility index (Phi) is 4.85. The molecular formula is C15H31N. The van der Waals surface area contributed by atoms with Gasteiger partial charge in [-0.05, 0) is 63.5 Å². The Balaban J connectivity index is 2.75. The molecule has 1 fully saturated rings. The summed E-state index contributed by atoms with van der Waals surface area (Å²) in [5, 5.41) is 0. The van der Waals surface area contributed by atoms with E-state index in [1.807, 2.05) is 0 Å². The summed E-state index contributed by atoms with van der Waals surface area (Å²) in [5.41, 5.74) is 0.587. The van der Waals surface area contributed by atoms with Gasteiger partial charge < -0.3 is 4.90 Å². The summed E-state index contributed by atoms with van der Waals surface area (Å²) < 4.78 is 0. The van der Waals surface area contributed by atoms with Gasteiger partial charge in [-0.25, -0.2) is 0 Å². The Morgan fingerprint density at radius 3 is 1.81 bits per heavy atom. The van der Waals surface area contributed by atoms with Crippen LogP contribution in [0.5, 0.6) is 0 Å². The van der Waals surface area contributed by atoms with Crippen molar-refractivity contribution in [3.63, 3.8) is 0 Å². The Hall–Kier alpha value is -0.0400. The second-order valence-electron chi connectivity index (χ2n) is 6.53. The molecule has 1 aliphatic heterocycles. The Labute approximate surface area is 103 Å². The van der Waals surface area contributed by atoms with E-state index in [2.05, 4.69) is 46.4 Å². The summed E-state index contributed by atoms with van der Waals surface area (Å²) in [7, 11) is 0. The summed E-state index contributed by atoms with van der Waals surface area (Å²) in [4.78, 5) is 2.66. The van der Waals surface area contributed by atoms with Gasteiger partial charge in [-0.1, -0.05) is 27.7 Å². The molecule has 1 heteroatoms. The van der Waals surface area contributed by atoms with Gasteiger partial charge in [0.1, 0.15) is 0 Å². The summed E-state index contributed by atoms with van der Waals surface area (Å²) in [6, 6.07) is 0.718. The highest BCUT2D eigenvalue weighted by Crippen LogP contribution is 2.45. The standard InChI is InChI=1S/C15H31N/c1-12(2)15(13(3)4)8-7-10-16(11-9-15)14(5)6/h12-14H,7-11H2,1-6H3. The van der Waals surface area contributed by atoms with Crippen molar-refractivity contribution >= 4 is 0 Å². The van der Waals surface area contributed by atoms with Crippen LogP contribution in [0, 0.1) is 17.3 Å². The average Bonchev–Trinajstić information content (AvgIpc) is 2.39. The van der Waals surface area contributed by atoms with E-state index in [0.717, 1.165) is 17.9 Å². The molecule has 0 saturated carbocycles. The lowest BCUT2D eigenvalue weighted by atomic mass is 9.64. The van der Waals surface area contributed by atoms with E-state index in [9.17, 15) is 0 Å². The molecule has 0 aromatic rings. The van der Waals surface area contributed by atoms with Gasteiger partial charge >= 0.3 is 0 Å². The van der Waals surface area contributed by atoms with E-state index in [4.69, 9.17) is 0 Å². The smallest absolute Gasteiger partial charge is 0.00385 e. The van der Waals surface area contributed by atoms with Gasteiger partial charge in [0, 0.05) is 6.04 Å². The van der Waals surface area contributed by atoms with Crippen LogP contribution in [-0.2, 0) is 0 Å².